The van der Waals surface area contributed by atoms with Crippen LogP contribution < -0.4 is 14.5 Å². The Labute approximate surface area is 440 Å². The van der Waals surface area contributed by atoms with E-state index < -0.39 is 0 Å². The maximum absolute atomic E-state index is 6.72. The second kappa shape index (κ2) is 18.8. The van der Waals surface area contributed by atoms with Crippen LogP contribution in [-0.4, -0.2) is 9.55 Å². The molecule has 8 aromatic carbocycles. The van der Waals surface area contributed by atoms with Gasteiger partial charge in [-0.2, -0.15) is 12.1 Å². The van der Waals surface area contributed by atoms with E-state index in [2.05, 4.69) is 259 Å². The van der Waals surface area contributed by atoms with Crippen molar-refractivity contribution < 1.29 is 25.8 Å². The molecule has 11 rings (SSSR count). The van der Waals surface area contributed by atoms with Crippen LogP contribution >= 0.6 is 0 Å². The Hall–Kier alpha value is -7.20. The first-order valence-corrected chi connectivity index (χ1v) is 24.7. The van der Waals surface area contributed by atoms with Gasteiger partial charge in [0, 0.05) is 72.3 Å². The molecule has 0 radical (unpaired) electrons. The average molecular weight is 1120 g/mol. The molecule has 3 heterocycles. The topological polar surface area (TPSA) is 33.5 Å². The summed E-state index contributed by atoms with van der Waals surface area (Å²) in [7, 11) is 0. The van der Waals surface area contributed by atoms with Gasteiger partial charge in [0.1, 0.15) is 5.82 Å². The van der Waals surface area contributed by atoms with E-state index in [9.17, 15) is 0 Å². The van der Waals surface area contributed by atoms with Crippen molar-refractivity contribution in [2.75, 3.05) is 9.80 Å². The Bertz CT molecular complexity index is 3570. The van der Waals surface area contributed by atoms with Crippen LogP contribution in [0.2, 0.25) is 0 Å². The fourth-order valence-electron chi connectivity index (χ4n) is 9.96. The van der Waals surface area contributed by atoms with Gasteiger partial charge < -0.3 is 19.1 Å². The second-order valence-corrected chi connectivity index (χ2v) is 21.6. The van der Waals surface area contributed by atoms with Gasteiger partial charge in [-0.1, -0.05) is 176 Å². The molecule has 0 atom stereocenters. The number of hydrogen-bond acceptors (Lipinski definition) is 4. The van der Waals surface area contributed by atoms with Crippen LogP contribution in [0.4, 0.5) is 22.7 Å². The Morgan fingerprint density at radius 2 is 1.14 bits per heavy atom. The molecular weight excluding hydrogens is 1060 g/mol. The van der Waals surface area contributed by atoms with Gasteiger partial charge >= 0.3 is 0 Å². The first-order valence-electron chi connectivity index (χ1n) is 24.7. The molecule has 0 saturated heterocycles. The number of ether oxygens (including phenoxy) is 1. The molecule has 0 aliphatic carbocycles. The molecule has 2 aromatic heterocycles. The van der Waals surface area contributed by atoms with Crippen molar-refractivity contribution in [3.63, 3.8) is 0 Å². The molecule has 0 N–H and O–H groups in total. The maximum atomic E-state index is 6.72. The van der Waals surface area contributed by atoms with Crippen LogP contribution in [0, 0.1) is 25.7 Å². The number of pyridine rings is 1. The number of fused-ring (bicyclic) bond motifs is 4. The van der Waals surface area contributed by atoms with Crippen molar-refractivity contribution in [3.8, 4) is 39.6 Å². The van der Waals surface area contributed by atoms with Crippen molar-refractivity contribution in [2.45, 2.75) is 78.6 Å². The quantitative estimate of drug-likeness (QED) is 0.135. The smallest absolute Gasteiger partial charge is 0.135 e. The van der Waals surface area contributed by atoms with Gasteiger partial charge in [-0.05, 0) is 104 Å². The molecule has 0 saturated carbocycles. The van der Waals surface area contributed by atoms with Crippen molar-refractivity contribution in [3.05, 3.63) is 235 Å². The summed E-state index contributed by atoms with van der Waals surface area (Å²) >= 11 is 0. The van der Waals surface area contributed by atoms with Crippen molar-refractivity contribution in [1.29, 1.82) is 0 Å². The molecule has 362 valence electrons. The molecule has 6 heteroatoms. The van der Waals surface area contributed by atoms with Crippen LogP contribution in [0.25, 0.3) is 49.9 Å². The van der Waals surface area contributed by atoms with Gasteiger partial charge in [0.15, 0.2) is 0 Å². The van der Waals surface area contributed by atoms with Gasteiger partial charge in [0.2, 0.25) is 0 Å². The summed E-state index contributed by atoms with van der Waals surface area (Å²) in [6, 6.07) is 72.3. The van der Waals surface area contributed by atoms with Crippen LogP contribution in [0.1, 0.15) is 83.2 Å². The molecule has 72 heavy (non-hydrogen) atoms. The van der Waals surface area contributed by atoms with E-state index >= 15 is 0 Å². The molecule has 0 spiro atoms. The fourth-order valence-corrected chi connectivity index (χ4v) is 9.96. The largest absolute Gasteiger partial charge is 0.509 e. The third-order valence-electron chi connectivity index (χ3n) is 14.3. The minimum atomic E-state index is -0.113. The molecule has 5 nitrogen and oxygen atoms in total. The number of aryl methyl sites for hydroxylation is 1. The van der Waals surface area contributed by atoms with Gasteiger partial charge in [-0.25, -0.2) is 4.98 Å². The third kappa shape index (κ3) is 9.05. The van der Waals surface area contributed by atoms with Crippen LogP contribution in [0.15, 0.2) is 188 Å². The first kappa shape index (κ1) is 48.4. The predicted octanol–water partition coefficient (Wildman–Crippen LogP) is 17.5. The van der Waals surface area contributed by atoms with E-state index in [0.29, 0.717) is 11.5 Å². The van der Waals surface area contributed by atoms with Crippen molar-refractivity contribution in [2.24, 2.45) is 0 Å². The monoisotopic (exact) mass is 1120 g/mol. The predicted molar refractivity (Wildman–Crippen MR) is 296 cm³/mol. The molecule has 0 amide bonds. The third-order valence-corrected chi connectivity index (χ3v) is 14.3. The number of nitrogens with zero attached hydrogens (tertiary/aromatic N) is 4. The molecule has 10 aromatic rings. The zero-order valence-corrected chi connectivity index (χ0v) is 44.8. The summed E-state index contributed by atoms with van der Waals surface area (Å²) in [5.74, 6) is 2.01. The minimum absolute atomic E-state index is 0. The van der Waals surface area contributed by atoms with Gasteiger partial charge in [0.25, 0.3) is 0 Å². The van der Waals surface area contributed by atoms with Crippen LogP contribution in [-0.2, 0) is 37.3 Å². The first-order chi connectivity index (χ1) is 34.1. The Kier molecular flexibility index (Phi) is 12.6. The van der Waals surface area contributed by atoms with Crippen molar-refractivity contribution in [1.82, 2.24) is 9.55 Å². The summed E-state index contributed by atoms with van der Waals surface area (Å²) in [6.07, 6.45) is 2.01. The SMILES string of the molecule is Cc1cc(-n2c3[c-]c(Oc4[c-]c(N5[CH-]N(c6cc(C(C)(C)C)cc(C(C)(C)C)c6)c6cc(-c7ccccc7)ccc65)ccc4)ccc3c3ccccc32)ncc1-c1ccc(C(C)(C)c2ccccc2)cc1.[Pt]. The molecule has 1 aliphatic heterocycles. The molecule has 1 aliphatic rings. The van der Waals surface area contributed by atoms with Gasteiger partial charge in [-0.3, -0.25) is 0 Å². The number of rotatable bonds is 9. The zero-order chi connectivity index (χ0) is 49.2. The molecular formula is C66H59N4OPt-3. The van der Waals surface area contributed by atoms with Crippen LogP contribution in [0.3, 0.4) is 0 Å². The van der Waals surface area contributed by atoms with E-state index in [0.717, 1.165) is 72.6 Å². The summed E-state index contributed by atoms with van der Waals surface area (Å²) in [6.45, 7) is 22.7. The molecule has 0 unspecified atom stereocenters. The van der Waals surface area contributed by atoms with Crippen LogP contribution in [0.5, 0.6) is 11.5 Å². The number of benzene rings is 8. The van der Waals surface area contributed by atoms with Crippen molar-refractivity contribution >= 4 is 44.6 Å². The van der Waals surface area contributed by atoms with E-state index in [1.54, 1.807) is 0 Å². The van der Waals surface area contributed by atoms with E-state index in [1.807, 2.05) is 24.4 Å². The van der Waals surface area contributed by atoms with E-state index in [-0.39, 0.29) is 37.3 Å². The van der Waals surface area contributed by atoms with E-state index in [1.165, 1.54) is 27.8 Å². The summed E-state index contributed by atoms with van der Waals surface area (Å²) < 4.78 is 8.92. The number of hydrogen-bond donors (Lipinski definition) is 0. The average Bonchev–Trinajstić information content (AvgIpc) is 3.92. The maximum Gasteiger partial charge on any atom is 0.135 e. The normalized spacial score (nSPS) is 12.8. The Morgan fingerprint density at radius 1 is 0.500 bits per heavy atom. The van der Waals surface area contributed by atoms with Gasteiger partial charge in [0.05, 0.1) is 0 Å². The minimum Gasteiger partial charge on any atom is -0.509 e. The molecule has 0 bridgehead atoms. The van der Waals surface area contributed by atoms with E-state index in [4.69, 9.17) is 9.72 Å². The second-order valence-electron chi connectivity index (χ2n) is 21.6. The summed E-state index contributed by atoms with van der Waals surface area (Å²) in [4.78, 5) is 9.69. The summed E-state index contributed by atoms with van der Waals surface area (Å²) in [5.41, 5.74) is 16.8. The molecule has 0 fully saturated rings. The van der Waals surface area contributed by atoms with Gasteiger partial charge in [-0.15, -0.1) is 48.1 Å². The zero-order valence-electron chi connectivity index (χ0n) is 42.5. The fraction of sp³-hybridized carbons (Fsp3) is 0.182. The summed E-state index contributed by atoms with van der Waals surface area (Å²) in [5, 5.41) is 2.21. The Morgan fingerprint density at radius 3 is 1.83 bits per heavy atom. The number of anilines is 4. The number of aromatic nitrogens is 2. The number of para-hydroxylation sites is 1. The standard InChI is InChI=1S/C66H59N4O.Pt/c1-44-35-63(67-42-58(44)46-27-30-49(31-28-46)66(8,9)48-21-14-11-15-22-48)70-59-26-17-16-25-56(59)57-33-32-55(41-61(57)70)71-54-24-18-23-52(40-54)68-43-69(53-38-50(64(2,3)4)37-51(39-53)65(5,6)7)62-36-47(29-34-60(62)68)45-19-12-10-13-20-45;/h10-39,42-43H,1-9H3;/q-3;. The Balaban J connectivity index is 0.00000596.